The van der Waals surface area contributed by atoms with E-state index in [0.717, 1.165) is 32.6 Å². The lowest BCUT2D eigenvalue weighted by atomic mass is 10.0. The Balaban J connectivity index is 1.95. The van der Waals surface area contributed by atoms with Gasteiger partial charge in [-0.2, -0.15) is 0 Å². The SMILES string of the molecule is CC(=O)Nc1ccc(F)c(NCC2CCOCC2)c1. The maximum atomic E-state index is 13.7. The fourth-order valence-electron chi connectivity index (χ4n) is 2.15. The van der Waals surface area contributed by atoms with Crippen molar-refractivity contribution in [1.29, 1.82) is 0 Å². The quantitative estimate of drug-likeness (QED) is 0.880. The number of amides is 1. The van der Waals surface area contributed by atoms with Gasteiger partial charge in [0.1, 0.15) is 5.82 Å². The van der Waals surface area contributed by atoms with Crippen LogP contribution in [0.25, 0.3) is 0 Å². The van der Waals surface area contributed by atoms with Crippen LogP contribution in [-0.4, -0.2) is 25.7 Å². The maximum absolute atomic E-state index is 13.7. The van der Waals surface area contributed by atoms with Crippen molar-refractivity contribution in [3.63, 3.8) is 0 Å². The first-order valence-corrected chi connectivity index (χ1v) is 6.54. The molecule has 0 bridgehead atoms. The molecule has 2 N–H and O–H groups in total. The Labute approximate surface area is 112 Å². The van der Waals surface area contributed by atoms with Gasteiger partial charge in [0.05, 0.1) is 5.69 Å². The monoisotopic (exact) mass is 266 g/mol. The van der Waals surface area contributed by atoms with Gasteiger partial charge in [-0.3, -0.25) is 4.79 Å². The fourth-order valence-corrected chi connectivity index (χ4v) is 2.15. The summed E-state index contributed by atoms with van der Waals surface area (Å²) in [4.78, 5) is 11.0. The van der Waals surface area contributed by atoms with Crippen LogP contribution in [0.15, 0.2) is 18.2 Å². The first kappa shape index (κ1) is 13.8. The van der Waals surface area contributed by atoms with E-state index in [2.05, 4.69) is 10.6 Å². The number of hydrogen-bond acceptors (Lipinski definition) is 3. The fraction of sp³-hybridized carbons (Fsp3) is 0.500. The van der Waals surface area contributed by atoms with Crippen molar-refractivity contribution in [1.82, 2.24) is 0 Å². The van der Waals surface area contributed by atoms with Gasteiger partial charge in [0.2, 0.25) is 5.91 Å². The Hall–Kier alpha value is -1.62. The molecule has 0 unspecified atom stereocenters. The van der Waals surface area contributed by atoms with Gasteiger partial charge in [-0.25, -0.2) is 4.39 Å². The van der Waals surface area contributed by atoms with Crippen LogP contribution in [0.5, 0.6) is 0 Å². The number of benzene rings is 1. The molecule has 2 rings (SSSR count). The Bertz CT molecular complexity index is 445. The minimum absolute atomic E-state index is 0.165. The first-order chi connectivity index (χ1) is 9.15. The molecule has 0 radical (unpaired) electrons. The summed E-state index contributed by atoms with van der Waals surface area (Å²) in [6, 6.07) is 4.53. The summed E-state index contributed by atoms with van der Waals surface area (Å²) in [7, 11) is 0. The number of hydrogen-bond donors (Lipinski definition) is 2. The summed E-state index contributed by atoms with van der Waals surface area (Å²) in [5, 5.41) is 5.76. The number of rotatable bonds is 4. The summed E-state index contributed by atoms with van der Waals surface area (Å²) in [6.07, 6.45) is 2.00. The minimum Gasteiger partial charge on any atom is -0.382 e. The van der Waals surface area contributed by atoms with Crippen LogP contribution in [0.3, 0.4) is 0 Å². The Kier molecular flexibility index (Phi) is 4.74. The number of carbonyl (C=O) groups excluding carboxylic acids is 1. The van der Waals surface area contributed by atoms with Crippen molar-refractivity contribution < 1.29 is 13.9 Å². The number of ether oxygens (including phenoxy) is 1. The third kappa shape index (κ3) is 4.21. The Morgan fingerprint density at radius 3 is 2.84 bits per heavy atom. The van der Waals surface area contributed by atoms with Gasteiger partial charge in [-0.15, -0.1) is 0 Å². The lowest BCUT2D eigenvalue weighted by molar-refractivity contribution is -0.114. The molecule has 5 heteroatoms. The second-order valence-electron chi connectivity index (χ2n) is 4.81. The predicted molar refractivity (Wildman–Crippen MR) is 72.7 cm³/mol. The van der Waals surface area contributed by atoms with E-state index in [1.54, 1.807) is 12.1 Å². The highest BCUT2D eigenvalue weighted by Gasteiger charge is 2.14. The molecular formula is C14H19FN2O2. The highest BCUT2D eigenvalue weighted by Crippen LogP contribution is 2.21. The van der Waals surface area contributed by atoms with Crippen molar-refractivity contribution in [3.05, 3.63) is 24.0 Å². The number of nitrogens with one attached hydrogen (secondary N) is 2. The van der Waals surface area contributed by atoms with Gasteiger partial charge in [0.15, 0.2) is 0 Å². The van der Waals surface area contributed by atoms with E-state index >= 15 is 0 Å². The molecule has 0 aromatic heterocycles. The van der Waals surface area contributed by atoms with Crippen molar-refractivity contribution >= 4 is 17.3 Å². The average Bonchev–Trinajstić information content (AvgIpc) is 2.40. The van der Waals surface area contributed by atoms with Crippen molar-refractivity contribution in [2.45, 2.75) is 19.8 Å². The maximum Gasteiger partial charge on any atom is 0.221 e. The molecule has 1 saturated heterocycles. The molecular weight excluding hydrogens is 247 g/mol. The predicted octanol–water partition coefficient (Wildman–Crippen LogP) is 2.62. The van der Waals surface area contributed by atoms with E-state index in [9.17, 15) is 9.18 Å². The van der Waals surface area contributed by atoms with Crippen LogP contribution in [0, 0.1) is 11.7 Å². The van der Waals surface area contributed by atoms with Crippen LogP contribution < -0.4 is 10.6 Å². The van der Waals surface area contributed by atoms with Crippen molar-refractivity contribution in [2.24, 2.45) is 5.92 Å². The molecule has 1 fully saturated rings. The van der Waals surface area contributed by atoms with Gasteiger partial charge < -0.3 is 15.4 Å². The molecule has 1 aromatic rings. The lowest BCUT2D eigenvalue weighted by Crippen LogP contribution is -2.23. The molecule has 1 aliphatic heterocycles. The van der Waals surface area contributed by atoms with E-state index in [1.807, 2.05) is 0 Å². The van der Waals surface area contributed by atoms with Crippen LogP contribution in [0.2, 0.25) is 0 Å². The zero-order valence-electron chi connectivity index (χ0n) is 11.0. The third-order valence-electron chi connectivity index (χ3n) is 3.21. The van der Waals surface area contributed by atoms with Crippen LogP contribution in [0.1, 0.15) is 19.8 Å². The average molecular weight is 266 g/mol. The van der Waals surface area contributed by atoms with E-state index in [1.165, 1.54) is 13.0 Å². The lowest BCUT2D eigenvalue weighted by Gasteiger charge is -2.23. The van der Waals surface area contributed by atoms with Gasteiger partial charge in [-0.1, -0.05) is 0 Å². The second kappa shape index (κ2) is 6.52. The molecule has 0 atom stereocenters. The Morgan fingerprint density at radius 2 is 2.16 bits per heavy atom. The molecule has 0 saturated carbocycles. The minimum atomic E-state index is -0.304. The number of carbonyl (C=O) groups is 1. The second-order valence-corrected chi connectivity index (χ2v) is 4.81. The highest BCUT2D eigenvalue weighted by molar-refractivity contribution is 5.89. The van der Waals surface area contributed by atoms with Crippen molar-refractivity contribution in [2.75, 3.05) is 30.4 Å². The summed E-state index contributed by atoms with van der Waals surface area (Å²) in [5.41, 5.74) is 1.03. The van der Waals surface area contributed by atoms with E-state index in [4.69, 9.17) is 4.74 Å². The topological polar surface area (TPSA) is 50.4 Å². The molecule has 1 aromatic carbocycles. The zero-order valence-corrected chi connectivity index (χ0v) is 11.0. The standard InChI is InChI=1S/C14H19FN2O2/c1-10(18)17-12-2-3-13(15)14(8-12)16-9-11-4-6-19-7-5-11/h2-3,8,11,16H,4-7,9H2,1H3,(H,17,18). The summed E-state index contributed by atoms with van der Waals surface area (Å²) in [6.45, 7) is 3.71. The molecule has 19 heavy (non-hydrogen) atoms. The molecule has 0 aliphatic carbocycles. The molecule has 1 aliphatic rings. The van der Waals surface area contributed by atoms with Gasteiger partial charge in [0.25, 0.3) is 0 Å². The first-order valence-electron chi connectivity index (χ1n) is 6.54. The molecule has 1 heterocycles. The summed E-state index contributed by atoms with van der Waals surface area (Å²) in [5.74, 6) is 0.0423. The summed E-state index contributed by atoms with van der Waals surface area (Å²) < 4.78 is 19.0. The Morgan fingerprint density at radius 1 is 1.42 bits per heavy atom. The van der Waals surface area contributed by atoms with Gasteiger partial charge >= 0.3 is 0 Å². The molecule has 104 valence electrons. The van der Waals surface area contributed by atoms with Crippen LogP contribution in [0.4, 0.5) is 15.8 Å². The number of halogens is 1. The largest absolute Gasteiger partial charge is 0.382 e. The van der Waals surface area contributed by atoms with Crippen LogP contribution >= 0.6 is 0 Å². The van der Waals surface area contributed by atoms with E-state index in [0.29, 0.717) is 17.3 Å². The van der Waals surface area contributed by atoms with E-state index < -0.39 is 0 Å². The number of anilines is 2. The molecule has 4 nitrogen and oxygen atoms in total. The van der Waals surface area contributed by atoms with Gasteiger partial charge in [0, 0.05) is 32.4 Å². The van der Waals surface area contributed by atoms with E-state index in [-0.39, 0.29) is 11.7 Å². The van der Waals surface area contributed by atoms with Crippen LogP contribution in [-0.2, 0) is 9.53 Å². The normalized spacial score (nSPS) is 16.1. The van der Waals surface area contributed by atoms with Gasteiger partial charge in [-0.05, 0) is 37.0 Å². The molecule has 1 amide bonds. The summed E-state index contributed by atoms with van der Waals surface area (Å²) >= 11 is 0. The smallest absolute Gasteiger partial charge is 0.221 e. The zero-order chi connectivity index (χ0) is 13.7. The highest BCUT2D eigenvalue weighted by atomic mass is 19.1. The third-order valence-corrected chi connectivity index (χ3v) is 3.21. The molecule has 0 spiro atoms. The van der Waals surface area contributed by atoms with Crippen molar-refractivity contribution in [3.8, 4) is 0 Å².